The first-order chi connectivity index (χ1) is 12.6. The normalized spacial score (nSPS) is 21.5. The topological polar surface area (TPSA) is 34.2 Å². The van der Waals surface area contributed by atoms with Gasteiger partial charge in [-0.25, -0.2) is 0 Å². The Kier molecular flexibility index (Phi) is 3.20. The fourth-order valence-corrected chi connectivity index (χ4v) is 4.57. The molecule has 1 aliphatic heterocycles. The van der Waals surface area contributed by atoms with Gasteiger partial charge in [0.2, 0.25) is 0 Å². The molecule has 3 nitrogen and oxygen atoms in total. The van der Waals surface area contributed by atoms with Crippen molar-refractivity contribution >= 4 is 23.5 Å². The number of aromatic amines is 1. The summed E-state index contributed by atoms with van der Waals surface area (Å²) in [5.74, 6) is 0. The molecule has 2 aromatic carbocycles. The van der Waals surface area contributed by atoms with Gasteiger partial charge in [0, 0.05) is 21.9 Å². The molecule has 27 heavy (non-hydrogen) atoms. The number of aromatic nitrogens is 1. The molecule has 1 saturated heterocycles. The maximum absolute atomic E-state index is 6.28. The first kappa shape index (κ1) is 17.1. The lowest BCUT2D eigenvalue weighted by molar-refractivity contribution is 0.00578. The number of nitrogens with one attached hydrogen (secondary N) is 1. The molecule has 1 aliphatic carbocycles. The average Bonchev–Trinajstić information content (AvgIpc) is 3.16. The lowest BCUT2D eigenvalue weighted by Gasteiger charge is -2.32. The molecule has 0 saturated carbocycles. The summed E-state index contributed by atoms with van der Waals surface area (Å²) in [5, 5.41) is 1.26. The first-order valence-electron chi connectivity index (χ1n) is 9.73. The van der Waals surface area contributed by atoms with E-state index in [1.165, 1.54) is 33.3 Å². The zero-order valence-corrected chi connectivity index (χ0v) is 16.9. The van der Waals surface area contributed by atoms with Crippen molar-refractivity contribution < 1.29 is 9.31 Å². The van der Waals surface area contributed by atoms with Crippen LogP contribution in [-0.2, 0) is 14.7 Å². The van der Waals surface area contributed by atoms with Crippen LogP contribution in [0.4, 0.5) is 0 Å². The van der Waals surface area contributed by atoms with Gasteiger partial charge < -0.3 is 14.3 Å². The Morgan fingerprint density at radius 2 is 1.52 bits per heavy atom. The molecule has 0 radical (unpaired) electrons. The van der Waals surface area contributed by atoms with Crippen LogP contribution in [0, 0.1) is 0 Å². The van der Waals surface area contributed by atoms with Crippen molar-refractivity contribution in [2.75, 3.05) is 0 Å². The van der Waals surface area contributed by atoms with Crippen LogP contribution >= 0.6 is 0 Å². The van der Waals surface area contributed by atoms with Crippen molar-refractivity contribution in [1.82, 2.24) is 4.98 Å². The third-order valence-electron chi connectivity index (χ3n) is 6.84. The number of hydrogen-bond acceptors (Lipinski definition) is 2. The molecule has 138 valence electrons. The summed E-state index contributed by atoms with van der Waals surface area (Å²) in [5.41, 5.74) is 6.87. The van der Waals surface area contributed by atoms with Crippen LogP contribution in [0.5, 0.6) is 0 Å². The molecular formula is C23H26BNO2. The second-order valence-corrected chi connectivity index (χ2v) is 9.44. The van der Waals surface area contributed by atoms with Crippen molar-refractivity contribution in [3.63, 3.8) is 0 Å². The molecule has 0 atom stereocenters. The van der Waals surface area contributed by atoms with E-state index in [2.05, 4.69) is 89.0 Å². The summed E-state index contributed by atoms with van der Waals surface area (Å²) in [6.45, 7) is 13.0. The minimum Gasteiger partial charge on any atom is -0.399 e. The number of rotatable bonds is 1. The van der Waals surface area contributed by atoms with Gasteiger partial charge in [-0.2, -0.15) is 0 Å². The molecule has 1 fully saturated rings. The van der Waals surface area contributed by atoms with E-state index in [-0.39, 0.29) is 23.7 Å². The first-order valence-corrected chi connectivity index (χ1v) is 9.73. The van der Waals surface area contributed by atoms with Gasteiger partial charge >= 0.3 is 7.12 Å². The summed E-state index contributed by atoms with van der Waals surface area (Å²) in [7, 11) is -0.336. The quantitative estimate of drug-likeness (QED) is 0.635. The molecule has 1 N–H and O–H groups in total. The zero-order valence-electron chi connectivity index (χ0n) is 16.9. The molecule has 3 aromatic rings. The van der Waals surface area contributed by atoms with E-state index >= 15 is 0 Å². The minimum absolute atomic E-state index is 0.0290. The van der Waals surface area contributed by atoms with Crippen LogP contribution in [-0.4, -0.2) is 23.3 Å². The number of fused-ring (bicyclic) bond motifs is 5. The summed E-state index contributed by atoms with van der Waals surface area (Å²) in [4.78, 5) is 3.66. The highest BCUT2D eigenvalue weighted by molar-refractivity contribution is 6.62. The largest absolute Gasteiger partial charge is 0.494 e. The standard InChI is InChI=1S/C23H26BNO2/c1-21(2)17-10-8-7-9-15(17)20-19(21)16-13-14(11-12-18(16)25-20)24-26-22(3,4)23(5,6)27-24/h7-13,25H,1-6H3. The summed E-state index contributed by atoms with van der Waals surface area (Å²) in [6.07, 6.45) is 0. The van der Waals surface area contributed by atoms with E-state index in [9.17, 15) is 0 Å². The van der Waals surface area contributed by atoms with Crippen molar-refractivity contribution in [3.05, 3.63) is 53.6 Å². The molecule has 2 aliphatic rings. The van der Waals surface area contributed by atoms with Gasteiger partial charge in [-0.15, -0.1) is 0 Å². The van der Waals surface area contributed by atoms with Crippen molar-refractivity contribution in [2.24, 2.45) is 0 Å². The molecular weight excluding hydrogens is 333 g/mol. The van der Waals surface area contributed by atoms with Gasteiger partial charge in [-0.3, -0.25) is 0 Å². The second-order valence-electron chi connectivity index (χ2n) is 9.44. The molecule has 0 bridgehead atoms. The number of hydrogen-bond donors (Lipinski definition) is 1. The lowest BCUT2D eigenvalue weighted by Crippen LogP contribution is -2.41. The van der Waals surface area contributed by atoms with Gasteiger partial charge in [-0.1, -0.05) is 50.2 Å². The van der Waals surface area contributed by atoms with Gasteiger partial charge in [0.05, 0.1) is 16.9 Å². The van der Waals surface area contributed by atoms with E-state index < -0.39 is 0 Å². The average molecular weight is 359 g/mol. The molecule has 2 heterocycles. The Balaban J connectivity index is 1.66. The molecule has 0 unspecified atom stereocenters. The smallest absolute Gasteiger partial charge is 0.399 e. The highest BCUT2D eigenvalue weighted by Gasteiger charge is 2.52. The van der Waals surface area contributed by atoms with E-state index in [4.69, 9.17) is 9.31 Å². The fraction of sp³-hybridized carbons (Fsp3) is 0.391. The second kappa shape index (κ2) is 5.06. The maximum atomic E-state index is 6.28. The van der Waals surface area contributed by atoms with Gasteiger partial charge in [-0.05, 0) is 50.4 Å². The third kappa shape index (κ3) is 2.17. The Labute approximate surface area is 161 Å². The molecule has 0 spiro atoms. The number of benzene rings is 2. The van der Waals surface area contributed by atoms with Gasteiger partial charge in [0.15, 0.2) is 0 Å². The molecule has 1 aromatic heterocycles. The molecule has 4 heteroatoms. The Bertz CT molecular complexity index is 1060. The Morgan fingerprint density at radius 1 is 0.852 bits per heavy atom. The highest BCUT2D eigenvalue weighted by atomic mass is 16.7. The van der Waals surface area contributed by atoms with E-state index in [0.717, 1.165) is 5.46 Å². The van der Waals surface area contributed by atoms with E-state index in [1.807, 2.05) is 0 Å². The Morgan fingerprint density at radius 3 is 2.22 bits per heavy atom. The number of H-pyrrole nitrogens is 1. The predicted molar refractivity (Wildman–Crippen MR) is 112 cm³/mol. The van der Waals surface area contributed by atoms with Gasteiger partial charge in [0.25, 0.3) is 0 Å². The minimum atomic E-state index is -0.336. The third-order valence-corrected chi connectivity index (χ3v) is 6.84. The van der Waals surface area contributed by atoms with Crippen LogP contribution < -0.4 is 5.46 Å². The SMILES string of the molecule is CC1(C)c2ccccc2-c2[nH]c3ccc(B4OC(C)(C)C(C)(C)O4)cc3c21. The highest BCUT2D eigenvalue weighted by Crippen LogP contribution is 2.51. The fourth-order valence-electron chi connectivity index (χ4n) is 4.57. The van der Waals surface area contributed by atoms with Crippen molar-refractivity contribution in [2.45, 2.75) is 58.2 Å². The molecule has 0 amide bonds. The van der Waals surface area contributed by atoms with Crippen molar-refractivity contribution in [3.8, 4) is 11.3 Å². The predicted octanol–water partition coefficient (Wildman–Crippen LogP) is 4.77. The maximum Gasteiger partial charge on any atom is 0.494 e. The van der Waals surface area contributed by atoms with Crippen molar-refractivity contribution in [1.29, 1.82) is 0 Å². The lowest BCUT2D eigenvalue weighted by atomic mass is 9.76. The Hall–Kier alpha value is -2.04. The van der Waals surface area contributed by atoms with Crippen LogP contribution in [0.2, 0.25) is 0 Å². The van der Waals surface area contributed by atoms with E-state index in [0.29, 0.717) is 0 Å². The van der Waals surface area contributed by atoms with E-state index in [1.54, 1.807) is 0 Å². The molecule has 5 rings (SSSR count). The summed E-state index contributed by atoms with van der Waals surface area (Å²) in [6, 6.07) is 15.2. The van der Waals surface area contributed by atoms with Crippen LogP contribution in [0.25, 0.3) is 22.2 Å². The van der Waals surface area contributed by atoms with Crippen LogP contribution in [0.3, 0.4) is 0 Å². The van der Waals surface area contributed by atoms with Crippen LogP contribution in [0.1, 0.15) is 52.7 Å². The summed E-state index contributed by atoms with van der Waals surface area (Å²) < 4.78 is 12.6. The summed E-state index contributed by atoms with van der Waals surface area (Å²) >= 11 is 0. The monoisotopic (exact) mass is 359 g/mol. The zero-order chi connectivity index (χ0) is 19.2. The van der Waals surface area contributed by atoms with Crippen LogP contribution in [0.15, 0.2) is 42.5 Å². The van der Waals surface area contributed by atoms with Gasteiger partial charge in [0.1, 0.15) is 0 Å².